The Morgan fingerprint density at radius 3 is 2.24 bits per heavy atom. The van der Waals surface area contributed by atoms with Crippen LogP contribution in [0.4, 0.5) is 5.69 Å². The maximum atomic E-state index is 12.3. The van der Waals surface area contributed by atoms with Gasteiger partial charge < -0.3 is 20.1 Å². The quantitative estimate of drug-likeness (QED) is 0.496. The first-order valence-corrected chi connectivity index (χ1v) is 12.0. The third-order valence-electron chi connectivity index (χ3n) is 6.26. The van der Waals surface area contributed by atoms with Gasteiger partial charge in [-0.3, -0.25) is 14.4 Å². The van der Waals surface area contributed by atoms with Gasteiger partial charge in [0, 0.05) is 30.6 Å². The lowest BCUT2D eigenvalue weighted by atomic mass is 9.77. The van der Waals surface area contributed by atoms with Crippen molar-refractivity contribution in [3.63, 3.8) is 0 Å². The second kappa shape index (κ2) is 12.8. The highest BCUT2D eigenvalue weighted by molar-refractivity contribution is 5.95. The molecular weight excluding hydrogens is 432 g/mol. The molecular formula is C27H34N2O5. The number of nitrogens with one attached hydrogen (secondary N) is 2. The second-order valence-corrected chi connectivity index (χ2v) is 8.63. The summed E-state index contributed by atoms with van der Waals surface area (Å²) in [5.41, 5.74) is 2.53. The van der Waals surface area contributed by atoms with E-state index in [1.165, 1.54) is 12.7 Å². The summed E-state index contributed by atoms with van der Waals surface area (Å²) in [5.74, 6) is 1.12. The molecule has 0 heterocycles. The number of rotatable bonds is 10. The van der Waals surface area contributed by atoms with Crippen LogP contribution in [0.15, 0.2) is 48.5 Å². The minimum atomic E-state index is -0.221. The molecule has 0 unspecified atom stereocenters. The van der Waals surface area contributed by atoms with E-state index in [2.05, 4.69) is 22.8 Å². The van der Waals surface area contributed by atoms with E-state index in [0.717, 1.165) is 37.1 Å². The zero-order chi connectivity index (χ0) is 24.3. The molecule has 0 radical (unpaired) electrons. The Morgan fingerprint density at radius 2 is 1.62 bits per heavy atom. The Hall–Kier alpha value is -3.35. The summed E-state index contributed by atoms with van der Waals surface area (Å²) in [5, 5.41) is 5.65. The van der Waals surface area contributed by atoms with E-state index in [9.17, 15) is 14.4 Å². The van der Waals surface area contributed by atoms with Gasteiger partial charge in [-0.25, -0.2) is 0 Å². The number of anilines is 1. The number of ether oxygens (including phenoxy) is 2. The zero-order valence-electron chi connectivity index (χ0n) is 20.0. The molecule has 7 heteroatoms. The summed E-state index contributed by atoms with van der Waals surface area (Å²) < 4.78 is 10.2. The van der Waals surface area contributed by atoms with Gasteiger partial charge in [-0.1, -0.05) is 12.1 Å². The average Bonchev–Trinajstić information content (AvgIpc) is 2.85. The van der Waals surface area contributed by atoms with Crippen molar-refractivity contribution < 1.29 is 23.9 Å². The number of carbonyl (C=O) groups is 3. The topological polar surface area (TPSA) is 93.7 Å². The van der Waals surface area contributed by atoms with E-state index in [-0.39, 0.29) is 30.7 Å². The number of hydrogen-bond donors (Lipinski definition) is 2. The van der Waals surface area contributed by atoms with E-state index in [0.29, 0.717) is 30.4 Å². The fourth-order valence-corrected chi connectivity index (χ4v) is 4.34. The highest BCUT2D eigenvalue weighted by Crippen LogP contribution is 2.37. The van der Waals surface area contributed by atoms with Crippen molar-refractivity contribution in [2.45, 2.75) is 51.4 Å². The minimum absolute atomic E-state index is 0.126. The Bertz CT molecular complexity index is 948. The van der Waals surface area contributed by atoms with Gasteiger partial charge in [0.2, 0.25) is 5.91 Å². The van der Waals surface area contributed by atoms with Crippen LogP contribution in [0, 0.1) is 5.92 Å². The molecule has 0 saturated heterocycles. The number of carbonyl (C=O) groups excluding carboxylic acids is 3. The van der Waals surface area contributed by atoms with Crippen LogP contribution in [0.1, 0.15) is 67.3 Å². The van der Waals surface area contributed by atoms with E-state index < -0.39 is 0 Å². The molecule has 2 aromatic rings. The minimum Gasteiger partial charge on any atom is -0.494 e. The summed E-state index contributed by atoms with van der Waals surface area (Å²) >= 11 is 0. The average molecular weight is 467 g/mol. The molecule has 2 amide bonds. The molecule has 1 fully saturated rings. The molecule has 2 aromatic carbocycles. The summed E-state index contributed by atoms with van der Waals surface area (Å²) in [4.78, 5) is 36.0. The maximum Gasteiger partial charge on any atom is 0.305 e. The van der Waals surface area contributed by atoms with Crippen molar-refractivity contribution in [2.75, 3.05) is 25.6 Å². The maximum absolute atomic E-state index is 12.3. The van der Waals surface area contributed by atoms with Crippen molar-refractivity contribution in [1.29, 1.82) is 0 Å². The normalized spacial score (nSPS) is 17.5. The van der Waals surface area contributed by atoms with Crippen molar-refractivity contribution in [2.24, 2.45) is 5.92 Å². The Kier molecular flexibility index (Phi) is 9.50. The first-order valence-electron chi connectivity index (χ1n) is 12.0. The molecule has 3 rings (SSSR count). The molecule has 0 aromatic heterocycles. The van der Waals surface area contributed by atoms with Crippen molar-refractivity contribution in [3.8, 4) is 5.75 Å². The summed E-state index contributed by atoms with van der Waals surface area (Å²) in [7, 11) is 1.44. The predicted octanol–water partition coefficient (Wildman–Crippen LogP) is 4.68. The lowest BCUT2D eigenvalue weighted by Gasteiger charge is -2.28. The van der Waals surface area contributed by atoms with Crippen molar-refractivity contribution in [3.05, 3.63) is 59.7 Å². The van der Waals surface area contributed by atoms with Crippen molar-refractivity contribution >= 4 is 23.5 Å². The van der Waals surface area contributed by atoms with Gasteiger partial charge in [0.15, 0.2) is 0 Å². The number of amides is 2. The van der Waals surface area contributed by atoms with E-state index in [1.807, 2.05) is 19.1 Å². The van der Waals surface area contributed by atoms with Gasteiger partial charge in [-0.15, -0.1) is 0 Å². The van der Waals surface area contributed by atoms with Gasteiger partial charge in [-0.2, -0.15) is 0 Å². The molecule has 1 aliphatic rings. The molecule has 1 saturated carbocycles. The standard InChI is InChI=1S/C27H34N2O5/c1-3-34-24-14-10-22(11-15-24)27(32)28-17-16-25(30)29-23-12-8-21(9-13-23)20-6-4-19(5-7-20)18-26(31)33-2/h8-15,19-20H,3-7,16-18H2,1-2H3,(H,28,32)(H,29,30)/t19-,20-. The predicted molar refractivity (Wildman–Crippen MR) is 131 cm³/mol. The van der Waals surface area contributed by atoms with Crippen LogP contribution in [0.5, 0.6) is 5.75 Å². The molecule has 0 spiro atoms. The Labute approximate surface area is 201 Å². The van der Waals surface area contributed by atoms with Gasteiger partial charge in [0.05, 0.1) is 13.7 Å². The zero-order valence-corrected chi connectivity index (χ0v) is 20.0. The van der Waals surface area contributed by atoms with E-state index in [4.69, 9.17) is 9.47 Å². The first-order chi connectivity index (χ1) is 16.5. The summed E-state index contributed by atoms with van der Waals surface area (Å²) in [6, 6.07) is 14.9. The Balaban J connectivity index is 1.38. The molecule has 1 aliphatic carbocycles. The number of hydrogen-bond acceptors (Lipinski definition) is 5. The van der Waals surface area contributed by atoms with Crippen LogP contribution in [-0.2, 0) is 14.3 Å². The number of esters is 1. The van der Waals surface area contributed by atoms with E-state index in [1.54, 1.807) is 24.3 Å². The number of benzene rings is 2. The summed E-state index contributed by atoms with van der Waals surface area (Å²) in [6.45, 7) is 2.73. The fraction of sp³-hybridized carbons (Fsp3) is 0.444. The van der Waals surface area contributed by atoms with Gasteiger partial charge in [-0.05, 0) is 86.4 Å². The Morgan fingerprint density at radius 1 is 0.941 bits per heavy atom. The van der Waals surface area contributed by atoms with Crippen LogP contribution < -0.4 is 15.4 Å². The monoisotopic (exact) mass is 466 g/mol. The molecule has 0 aliphatic heterocycles. The van der Waals surface area contributed by atoms with Crippen LogP contribution in [0.25, 0.3) is 0 Å². The van der Waals surface area contributed by atoms with Crippen LogP contribution >= 0.6 is 0 Å². The highest BCUT2D eigenvalue weighted by atomic mass is 16.5. The SMILES string of the molecule is CCOc1ccc(C(=O)NCCC(=O)Nc2ccc([C@H]3CC[C@H](CC(=O)OC)CC3)cc2)cc1. The van der Waals surface area contributed by atoms with Crippen LogP contribution in [0.2, 0.25) is 0 Å². The third-order valence-corrected chi connectivity index (χ3v) is 6.26. The lowest BCUT2D eigenvalue weighted by Crippen LogP contribution is -2.27. The molecule has 2 N–H and O–H groups in total. The third kappa shape index (κ3) is 7.61. The molecule has 34 heavy (non-hydrogen) atoms. The van der Waals surface area contributed by atoms with Gasteiger partial charge in [0.1, 0.15) is 5.75 Å². The molecule has 7 nitrogen and oxygen atoms in total. The summed E-state index contributed by atoms with van der Waals surface area (Å²) in [6.07, 6.45) is 4.87. The fourth-order valence-electron chi connectivity index (χ4n) is 4.34. The second-order valence-electron chi connectivity index (χ2n) is 8.63. The van der Waals surface area contributed by atoms with Crippen LogP contribution in [-0.4, -0.2) is 38.0 Å². The smallest absolute Gasteiger partial charge is 0.305 e. The first kappa shape index (κ1) is 25.3. The molecule has 0 bridgehead atoms. The van der Waals surface area contributed by atoms with E-state index >= 15 is 0 Å². The molecule has 182 valence electrons. The van der Waals surface area contributed by atoms with Crippen molar-refractivity contribution in [1.82, 2.24) is 5.32 Å². The molecule has 0 atom stereocenters. The largest absolute Gasteiger partial charge is 0.494 e. The van der Waals surface area contributed by atoms with Gasteiger partial charge >= 0.3 is 5.97 Å². The highest BCUT2D eigenvalue weighted by Gasteiger charge is 2.24. The van der Waals surface area contributed by atoms with Gasteiger partial charge in [0.25, 0.3) is 5.91 Å². The van der Waals surface area contributed by atoms with Crippen LogP contribution in [0.3, 0.4) is 0 Å². The number of methoxy groups -OCH3 is 1. The lowest BCUT2D eigenvalue weighted by molar-refractivity contribution is -0.142.